The molecule has 298 valence electrons. The van der Waals surface area contributed by atoms with Crippen LogP contribution < -0.4 is 0 Å². The molecule has 0 atom stereocenters. The Bertz CT molecular complexity index is 4070. The maximum Gasteiger partial charge on any atom is 0.0784 e. The van der Waals surface area contributed by atoms with Crippen molar-refractivity contribution in [3.8, 4) is 33.9 Å². The predicted molar refractivity (Wildman–Crippen MR) is 269 cm³/mol. The van der Waals surface area contributed by atoms with E-state index in [0.29, 0.717) is 0 Å². The molecule has 0 radical (unpaired) electrons. The lowest BCUT2D eigenvalue weighted by molar-refractivity contribution is 1.11. The van der Waals surface area contributed by atoms with Crippen molar-refractivity contribution in [3.05, 3.63) is 231 Å². The van der Waals surface area contributed by atoms with Crippen LogP contribution >= 0.6 is 0 Å². The molecule has 0 saturated heterocycles. The lowest BCUT2D eigenvalue weighted by Gasteiger charge is -2.17. The first kappa shape index (κ1) is 35.0. The van der Waals surface area contributed by atoms with E-state index < -0.39 is 0 Å². The van der Waals surface area contributed by atoms with Gasteiger partial charge < -0.3 is 18.3 Å². The van der Waals surface area contributed by atoms with Crippen molar-refractivity contribution in [1.82, 2.24) is 18.3 Å². The van der Waals surface area contributed by atoms with Crippen molar-refractivity contribution in [2.24, 2.45) is 0 Å². The number of para-hydroxylation sites is 7. The zero-order chi connectivity index (χ0) is 41.9. The molecular formula is C60H38N4. The standard InChI is InChI=1S/C60H38N4/c1-2-16-41(17-3-1)61-54-26-12-8-22-48(54)50-36-40(32-35-58(50)61)39-30-33-42(34-31-39)63-55-27-13-9-23-49(55)51-37-43(62-52-24-10-4-18-44(52)45-19-5-11-25-53(45)62)38-59(60(51)63)64-56-28-14-6-20-46(56)47-21-7-15-29-57(47)64/h1-38H. The summed E-state index contributed by atoms with van der Waals surface area (Å²) in [4.78, 5) is 0. The fraction of sp³-hybridized carbons (Fsp3) is 0. The number of fused-ring (bicyclic) bond motifs is 12. The Morgan fingerprint density at radius 1 is 0.203 bits per heavy atom. The van der Waals surface area contributed by atoms with E-state index in [0.717, 1.165) is 17.1 Å². The zero-order valence-corrected chi connectivity index (χ0v) is 34.7. The van der Waals surface area contributed by atoms with Crippen LogP contribution in [0.5, 0.6) is 0 Å². The number of hydrogen-bond acceptors (Lipinski definition) is 0. The second kappa shape index (κ2) is 13.4. The largest absolute Gasteiger partial charge is 0.309 e. The monoisotopic (exact) mass is 814 g/mol. The summed E-state index contributed by atoms with van der Waals surface area (Å²) in [7, 11) is 0. The van der Waals surface area contributed by atoms with Gasteiger partial charge in [0, 0.05) is 60.2 Å². The Balaban J connectivity index is 1.02. The van der Waals surface area contributed by atoms with Gasteiger partial charge in [0.15, 0.2) is 0 Å². The van der Waals surface area contributed by atoms with Crippen LogP contribution in [0, 0.1) is 0 Å². The van der Waals surface area contributed by atoms with Crippen LogP contribution in [0.2, 0.25) is 0 Å². The predicted octanol–water partition coefficient (Wildman–Crippen LogP) is 15.7. The highest BCUT2D eigenvalue weighted by Crippen LogP contribution is 2.43. The first-order chi connectivity index (χ1) is 31.8. The summed E-state index contributed by atoms with van der Waals surface area (Å²) in [5.41, 5.74) is 16.4. The molecule has 0 bridgehead atoms. The first-order valence-corrected chi connectivity index (χ1v) is 22.0. The molecule has 4 heterocycles. The average molecular weight is 815 g/mol. The lowest BCUT2D eigenvalue weighted by atomic mass is 10.0. The van der Waals surface area contributed by atoms with Gasteiger partial charge in [-0.25, -0.2) is 0 Å². The third-order valence-electron chi connectivity index (χ3n) is 13.5. The molecule has 0 aliphatic carbocycles. The zero-order valence-electron chi connectivity index (χ0n) is 34.7. The van der Waals surface area contributed by atoms with E-state index >= 15 is 0 Å². The molecule has 14 aromatic rings. The molecule has 0 aliphatic heterocycles. The Morgan fingerprint density at radius 3 is 1.11 bits per heavy atom. The van der Waals surface area contributed by atoms with Crippen molar-refractivity contribution in [3.63, 3.8) is 0 Å². The molecule has 4 nitrogen and oxygen atoms in total. The summed E-state index contributed by atoms with van der Waals surface area (Å²) >= 11 is 0. The van der Waals surface area contributed by atoms with Gasteiger partial charge in [0.25, 0.3) is 0 Å². The van der Waals surface area contributed by atoms with Crippen molar-refractivity contribution in [1.29, 1.82) is 0 Å². The maximum absolute atomic E-state index is 2.50. The summed E-state index contributed by atoms with van der Waals surface area (Å²) in [6.07, 6.45) is 0. The van der Waals surface area contributed by atoms with Crippen LogP contribution in [-0.4, -0.2) is 18.3 Å². The van der Waals surface area contributed by atoms with Crippen LogP contribution in [0.25, 0.3) is 121 Å². The molecule has 0 spiro atoms. The number of hydrogen-bond donors (Lipinski definition) is 0. The van der Waals surface area contributed by atoms with Crippen LogP contribution in [0.4, 0.5) is 0 Å². The quantitative estimate of drug-likeness (QED) is 0.165. The minimum Gasteiger partial charge on any atom is -0.309 e. The highest BCUT2D eigenvalue weighted by Gasteiger charge is 2.23. The first-order valence-electron chi connectivity index (χ1n) is 22.0. The van der Waals surface area contributed by atoms with Crippen molar-refractivity contribution < 1.29 is 0 Å². The number of benzene rings is 10. The van der Waals surface area contributed by atoms with Crippen LogP contribution in [-0.2, 0) is 0 Å². The van der Waals surface area contributed by atoms with Gasteiger partial charge in [-0.15, -0.1) is 0 Å². The fourth-order valence-corrected chi connectivity index (χ4v) is 10.8. The van der Waals surface area contributed by atoms with Crippen molar-refractivity contribution >= 4 is 87.2 Å². The van der Waals surface area contributed by atoms with E-state index in [1.807, 2.05) is 0 Å². The normalized spacial score (nSPS) is 12.1. The summed E-state index contributed by atoms with van der Waals surface area (Å²) in [5.74, 6) is 0. The third kappa shape index (κ3) is 4.93. The topological polar surface area (TPSA) is 19.7 Å². The second-order valence-corrected chi connectivity index (χ2v) is 16.9. The summed E-state index contributed by atoms with van der Waals surface area (Å²) < 4.78 is 9.81. The minimum absolute atomic E-state index is 1.11. The van der Waals surface area contributed by atoms with Gasteiger partial charge in [-0.3, -0.25) is 0 Å². The van der Waals surface area contributed by atoms with Gasteiger partial charge in [-0.1, -0.05) is 146 Å². The van der Waals surface area contributed by atoms with E-state index in [2.05, 4.69) is 249 Å². The summed E-state index contributed by atoms with van der Waals surface area (Å²) in [6.45, 7) is 0. The Hall–Kier alpha value is -8.60. The van der Waals surface area contributed by atoms with E-state index in [9.17, 15) is 0 Å². The Morgan fingerprint density at radius 2 is 0.578 bits per heavy atom. The average Bonchev–Trinajstić information content (AvgIpc) is 4.09. The van der Waals surface area contributed by atoms with E-state index in [-0.39, 0.29) is 0 Å². The van der Waals surface area contributed by atoms with Crippen LogP contribution in [0.1, 0.15) is 0 Å². The summed E-state index contributed by atoms with van der Waals surface area (Å²) in [5, 5.41) is 9.90. The van der Waals surface area contributed by atoms with Gasteiger partial charge >= 0.3 is 0 Å². The smallest absolute Gasteiger partial charge is 0.0784 e. The van der Waals surface area contributed by atoms with E-state index in [1.165, 1.54) is 104 Å². The molecule has 0 aliphatic rings. The SMILES string of the molecule is c1ccc(-n2c3ccccc3c3cc(-c4ccc(-n5c6ccccc6c6cc(-n7c8ccccc8c8ccccc87)cc(-n7c8ccccc8c8ccccc87)c65)cc4)ccc32)cc1. The number of aromatic nitrogens is 4. The minimum atomic E-state index is 1.11. The fourth-order valence-electron chi connectivity index (χ4n) is 10.8. The van der Waals surface area contributed by atoms with E-state index in [4.69, 9.17) is 0 Å². The molecule has 64 heavy (non-hydrogen) atoms. The molecule has 0 amide bonds. The molecule has 0 fully saturated rings. The molecule has 0 unspecified atom stereocenters. The Labute approximate surface area is 368 Å². The van der Waals surface area contributed by atoms with Gasteiger partial charge in [0.2, 0.25) is 0 Å². The molecule has 4 heteroatoms. The molecular weight excluding hydrogens is 777 g/mol. The van der Waals surface area contributed by atoms with Gasteiger partial charge in [0.1, 0.15) is 0 Å². The van der Waals surface area contributed by atoms with Gasteiger partial charge in [-0.2, -0.15) is 0 Å². The maximum atomic E-state index is 2.50. The van der Waals surface area contributed by atoms with E-state index in [1.54, 1.807) is 0 Å². The number of rotatable bonds is 5. The van der Waals surface area contributed by atoms with Crippen LogP contribution in [0.3, 0.4) is 0 Å². The lowest BCUT2D eigenvalue weighted by Crippen LogP contribution is -2.03. The molecule has 0 saturated carbocycles. The van der Waals surface area contributed by atoms with Gasteiger partial charge in [0.05, 0.1) is 49.8 Å². The molecule has 14 rings (SSSR count). The highest BCUT2D eigenvalue weighted by molar-refractivity contribution is 6.17. The summed E-state index contributed by atoms with van der Waals surface area (Å²) in [6, 6.07) is 84.5. The van der Waals surface area contributed by atoms with Crippen LogP contribution in [0.15, 0.2) is 231 Å². The molecule has 10 aromatic carbocycles. The Kier molecular flexibility index (Phi) is 7.36. The number of nitrogens with zero attached hydrogens (tertiary/aromatic N) is 4. The van der Waals surface area contributed by atoms with Crippen molar-refractivity contribution in [2.45, 2.75) is 0 Å². The molecule has 0 N–H and O–H groups in total. The second-order valence-electron chi connectivity index (χ2n) is 16.9. The third-order valence-corrected chi connectivity index (χ3v) is 13.5. The highest BCUT2D eigenvalue weighted by atomic mass is 15.1. The molecule has 4 aromatic heterocycles. The van der Waals surface area contributed by atoms with Gasteiger partial charge in [-0.05, 0) is 96.1 Å². The van der Waals surface area contributed by atoms with Crippen molar-refractivity contribution in [2.75, 3.05) is 0 Å².